The number of pyridine rings is 1. The van der Waals surface area contributed by atoms with Gasteiger partial charge in [0.25, 0.3) is 5.91 Å². The lowest BCUT2D eigenvalue weighted by Crippen LogP contribution is -2.59. The molecular weight excluding hydrogens is 452 g/mol. The fraction of sp³-hybridized carbons (Fsp3) is 0.333. The molecule has 10 heteroatoms. The molecule has 1 saturated carbocycles. The molecule has 3 fully saturated rings. The lowest BCUT2D eigenvalue weighted by molar-refractivity contribution is -0.137. The number of carbonyl (C=O) groups is 1. The molecule has 34 heavy (non-hydrogen) atoms. The molecule has 3 aromatic rings. The molecule has 6 nitrogen and oxygen atoms in total. The second-order valence-corrected chi connectivity index (χ2v) is 8.51. The molecule has 2 bridgehead atoms. The van der Waals surface area contributed by atoms with E-state index in [4.69, 9.17) is 4.74 Å². The highest BCUT2D eigenvalue weighted by atomic mass is 19.4. The van der Waals surface area contributed by atoms with E-state index in [0.29, 0.717) is 24.1 Å². The Morgan fingerprint density at radius 1 is 1.00 bits per heavy atom. The topological polar surface area (TPSA) is 68.2 Å². The Labute approximate surface area is 192 Å². The highest BCUT2D eigenvalue weighted by Gasteiger charge is 2.45. The van der Waals surface area contributed by atoms with E-state index in [-0.39, 0.29) is 35.7 Å². The zero-order valence-electron chi connectivity index (χ0n) is 17.9. The van der Waals surface area contributed by atoms with Crippen molar-refractivity contribution in [2.75, 3.05) is 6.54 Å². The van der Waals surface area contributed by atoms with Crippen molar-refractivity contribution in [3.8, 4) is 17.3 Å². The normalized spacial score (nSPS) is 22.0. The summed E-state index contributed by atoms with van der Waals surface area (Å²) < 4.78 is 57.7. The number of rotatable bonds is 4. The SMILES string of the molecule is O=C(c1ccccc1-c1ncc(F)cn1)N1CC2CC[C@H]1C(Oc1ccc(C(F)(F)F)cn1)C2. The van der Waals surface area contributed by atoms with Crippen LogP contribution in [0.4, 0.5) is 17.6 Å². The zero-order valence-corrected chi connectivity index (χ0v) is 17.9. The summed E-state index contributed by atoms with van der Waals surface area (Å²) in [6.07, 6.45) is 0.350. The summed E-state index contributed by atoms with van der Waals surface area (Å²) in [5.74, 6) is -0.236. The van der Waals surface area contributed by atoms with Gasteiger partial charge in [-0.15, -0.1) is 0 Å². The minimum absolute atomic E-state index is 0.0954. The van der Waals surface area contributed by atoms with E-state index in [1.807, 2.05) is 0 Å². The molecule has 2 aliphatic heterocycles. The molecule has 2 saturated heterocycles. The average molecular weight is 472 g/mol. The average Bonchev–Trinajstić information content (AvgIpc) is 2.84. The zero-order chi connectivity index (χ0) is 23.9. The van der Waals surface area contributed by atoms with Crippen molar-refractivity contribution in [1.29, 1.82) is 0 Å². The van der Waals surface area contributed by atoms with Gasteiger partial charge >= 0.3 is 6.18 Å². The van der Waals surface area contributed by atoms with Crippen LogP contribution in [0.5, 0.6) is 5.88 Å². The summed E-state index contributed by atoms with van der Waals surface area (Å²) in [4.78, 5) is 27.2. The van der Waals surface area contributed by atoms with Crippen molar-refractivity contribution < 1.29 is 27.1 Å². The third-order valence-electron chi connectivity index (χ3n) is 6.34. The number of hydrogen-bond acceptors (Lipinski definition) is 5. The number of halogens is 4. The monoisotopic (exact) mass is 472 g/mol. The summed E-state index contributed by atoms with van der Waals surface area (Å²) in [5, 5.41) is 0. The number of nitrogens with zero attached hydrogens (tertiary/aromatic N) is 4. The molecule has 3 aliphatic rings. The smallest absolute Gasteiger partial charge is 0.417 e. The van der Waals surface area contributed by atoms with Gasteiger partial charge in [0, 0.05) is 24.4 Å². The Morgan fingerprint density at radius 2 is 1.76 bits per heavy atom. The van der Waals surface area contributed by atoms with Gasteiger partial charge in [0.1, 0.15) is 6.10 Å². The summed E-state index contributed by atoms with van der Waals surface area (Å²) in [5.41, 5.74) is 0.0466. The van der Waals surface area contributed by atoms with Crippen molar-refractivity contribution in [2.45, 2.75) is 37.6 Å². The summed E-state index contributed by atoms with van der Waals surface area (Å²) >= 11 is 0. The molecule has 2 aromatic heterocycles. The highest BCUT2D eigenvalue weighted by Crippen LogP contribution is 2.39. The Hall–Kier alpha value is -3.56. The lowest BCUT2D eigenvalue weighted by Gasteiger charge is -2.49. The van der Waals surface area contributed by atoms with Gasteiger partial charge in [-0.3, -0.25) is 4.79 Å². The second-order valence-electron chi connectivity index (χ2n) is 8.51. The van der Waals surface area contributed by atoms with Crippen LogP contribution in [0.2, 0.25) is 0 Å². The fourth-order valence-corrected chi connectivity index (χ4v) is 4.74. The standard InChI is InChI=1S/C24H20F4N4O2/c25-16-11-30-22(31-12-16)17-3-1-2-4-18(17)23(33)32-13-14-5-7-19(32)20(9-14)34-21-8-6-15(10-29-21)24(26,27)28/h1-4,6,8,10-12,14,19-20H,5,7,9,13H2/t14?,19-,20?/m0/s1. The number of benzene rings is 1. The van der Waals surface area contributed by atoms with Gasteiger partial charge in [0.15, 0.2) is 11.6 Å². The molecule has 1 aromatic carbocycles. The van der Waals surface area contributed by atoms with Crippen LogP contribution in [-0.4, -0.2) is 44.4 Å². The molecule has 0 radical (unpaired) electrons. The largest absolute Gasteiger partial charge is 0.472 e. The first kappa shape index (κ1) is 22.2. The van der Waals surface area contributed by atoms with E-state index < -0.39 is 17.6 Å². The molecule has 1 aliphatic carbocycles. The first-order valence-electron chi connectivity index (χ1n) is 10.9. The van der Waals surface area contributed by atoms with E-state index in [9.17, 15) is 22.4 Å². The number of amides is 1. The number of carbonyl (C=O) groups excluding carboxylic acids is 1. The van der Waals surface area contributed by atoms with Crippen LogP contribution < -0.4 is 4.74 Å². The molecule has 4 heterocycles. The summed E-state index contributed by atoms with van der Waals surface area (Å²) in [7, 11) is 0. The first-order chi connectivity index (χ1) is 16.3. The number of aromatic nitrogens is 3. The van der Waals surface area contributed by atoms with Crippen LogP contribution in [0.15, 0.2) is 55.0 Å². The van der Waals surface area contributed by atoms with Crippen LogP contribution in [0.25, 0.3) is 11.4 Å². The van der Waals surface area contributed by atoms with Crippen molar-refractivity contribution in [2.24, 2.45) is 5.92 Å². The van der Waals surface area contributed by atoms with Gasteiger partial charge in [0.05, 0.1) is 29.6 Å². The molecule has 0 N–H and O–H groups in total. The Balaban J connectivity index is 1.38. The number of fused-ring (bicyclic) bond motifs is 3. The summed E-state index contributed by atoms with van der Waals surface area (Å²) in [6, 6.07) is 8.78. The fourth-order valence-electron chi connectivity index (χ4n) is 4.74. The second kappa shape index (κ2) is 8.66. The minimum Gasteiger partial charge on any atom is -0.472 e. The number of piperidine rings is 2. The van der Waals surface area contributed by atoms with Crippen molar-refractivity contribution >= 4 is 5.91 Å². The van der Waals surface area contributed by atoms with E-state index in [0.717, 1.165) is 37.5 Å². The van der Waals surface area contributed by atoms with Crippen LogP contribution >= 0.6 is 0 Å². The Bertz CT molecular complexity index is 1180. The molecule has 2 unspecified atom stereocenters. The van der Waals surface area contributed by atoms with Crippen LogP contribution in [0.3, 0.4) is 0 Å². The maximum absolute atomic E-state index is 13.6. The van der Waals surface area contributed by atoms with E-state index in [1.54, 1.807) is 29.2 Å². The highest BCUT2D eigenvalue weighted by molar-refractivity contribution is 6.00. The molecule has 176 valence electrons. The molecule has 3 atom stereocenters. The summed E-state index contributed by atoms with van der Waals surface area (Å²) in [6.45, 7) is 0.558. The number of alkyl halides is 3. The molecule has 6 rings (SSSR count). The van der Waals surface area contributed by atoms with Crippen molar-refractivity contribution in [3.05, 3.63) is 71.9 Å². The van der Waals surface area contributed by atoms with Gasteiger partial charge in [-0.05, 0) is 37.3 Å². The third kappa shape index (κ3) is 4.32. The van der Waals surface area contributed by atoms with Gasteiger partial charge in [0.2, 0.25) is 5.88 Å². The predicted octanol–water partition coefficient (Wildman–Crippen LogP) is 4.77. The van der Waals surface area contributed by atoms with Gasteiger partial charge in [-0.25, -0.2) is 19.3 Å². The van der Waals surface area contributed by atoms with Crippen molar-refractivity contribution in [3.63, 3.8) is 0 Å². The first-order valence-corrected chi connectivity index (χ1v) is 10.9. The third-order valence-corrected chi connectivity index (χ3v) is 6.34. The van der Waals surface area contributed by atoms with E-state index in [1.165, 1.54) is 6.07 Å². The number of ether oxygens (including phenoxy) is 1. The van der Waals surface area contributed by atoms with Crippen LogP contribution in [0, 0.1) is 11.7 Å². The van der Waals surface area contributed by atoms with Crippen molar-refractivity contribution in [1.82, 2.24) is 19.9 Å². The molecule has 1 amide bonds. The maximum Gasteiger partial charge on any atom is 0.417 e. The van der Waals surface area contributed by atoms with Gasteiger partial charge in [-0.1, -0.05) is 18.2 Å². The van der Waals surface area contributed by atoms with Gasteiger partial charge < -0.3 is 9.64 Å². The van der Waals surface area contributed by atoms with Crippen LogP contribution in [-0.2, 0) is 6.18 Å². The van der Waals surface area contributed by atoms with E-state index >= 15 is 0 Å². The molecular formula is C24H20F4N4O2. The Kier molecular flexibility index (Phi) is 5.66. The van der Waals surface area contributed by atoms with E-state index in [2.05, 4.69) is 15.0 Å². The molecule has 0 spiro atoms. The quantitative estimate of drug-likeness (QED) is 0.512. The van der Waals surface area contributed by atoms with Gasteiger partial charge in [-0.2, -0.15) is 13.2 Å². The Morgan fingerprint density at radius 3 is 2.44 bits per heavy atom. The minimum atomic E-state index is -4.47. The number of hydrogen-bond donors (Lipinski definition) is 0. The van der Waals surface area contributed by atoms with Crippen LogP contribution in [0.1, 0.15) is 35.2 Å². The predicted molar refractivity (Wildman–Crippen MR) is 113 cm³/mol. The lowest BCUT2D eigenvalue weighted by atomic mass is 9.77. The maximum atomic E-state index is 13.6.